The van der Waals surface area contributed by atoms with Gasteiger partial charge in [-0.25, -0.2) is 0 Å². The van der Waals surface area contributed by atoms with E-state index in [0.717, 1.165) is 6.42 Å². The second-order valence-corrected chi connectivity index (χ2v) is 2.82. The molecular weight excluding hydrogens is 134 g/mol. The highest BCUT2D eigenvalue weighted by molar-refractivity contribution is 5.68. The van der Waals surface area contributed by atoms with Crippen molar-refractivity contribution in [2.45, 2.75) is 30.9 Å². The third-order valence-corrected chi connectivity index (χ3v) is 2.04. The third-order valence-electron chi connectivity index (χ3n) is 2.04. The lowest BCUT2D eigenvalue weighted by Crippen LogP contribution is -2.57. The summed E-state index contributed by atoms with van der Waals surface area (Å²) >= 11 is 0. The summed E-state index contributed by atoms with van der Waals surface area (Å²) in [6.45, 7) is 0. The van der Waals surface area contributed by atoms with Crippen LogP contribution in [0.15, 0.2) is 0 Å². The zero-order valence-corrected chi connectivity index (χ0v) is 5.58. The van der Waals surface area contributed by atoms with Crippen molar-refractivity contribution >= 4 is 5.97 Å². The van der Waals surface area contributed by atoms with Gasteiger partial charge in [-0.15, -0.1) is 0 Å². The largest absolute Gasteiger partial charge is 0.481 e. The van der Waals surface area contributed by atoms with Gasteiger partial charge in [0.05, 0.1) is 12.0 Å². The van der Waals surface area contributed by atoms with Gasteiger partial charge in [0.25, 0.3) is 0 Å². The molecule has 0 aromatic heterocycles. The van der Waals surface area contributed by atoms with E-state index in [4.69, 9.17) is 10.8 Å². The summed E-state index contributed by atoms with van der Waals surface area (Å²) in [5.41, 5.74) is 4.27. The van der Waals surface area contributed by atoms with Crippen LogP contribution in [-0.4, -0.2) is 27.8 Å². The average Bonchev–Trinajstić information content (AvgIpc) is 1.84. The van der Waals surface area contributed by atoms with Crippen molar-refractivity contribution in [1.82, 2.24) is 0 Å². The molecule has 0 amide bonds. The lowest BCUT2D eigenvalue weighted by atomic mass is 9.73. The van der Waals surface area contributed by atoms with Crippen LogP contribution in [0.2, 0.25) is 0 Å². The molecule has 1 aliphatic carbocycles. The first-order valence-electron chi connectivity index (χ1n) is 3.24. The average molecular weight is 145 g/mol. The number of hydrogen-bond acceptors (Lipinski definition) is 3. The molecule has 10 heavy (non-hydrogen) atoms. The van der Waals surface area contributed by atoms with Gasteiger partial charge in [-0.3, -0.25) is 4.79 Å². The summed E-state index contributed by atoms with van der Waals surface area (Å²) < 4.78 is 0. The molecule has 1 fully saturated rings. The number of nitrogens with two attached hydrogens (primary N) is 1. The summed E-state index contributed by atoms with van der Waals surface area (Å²) in [5, 5.41) is 17.7. The van der Waals surface area contributed by atoms with Gasteiger partial charge in [0.1, 0.15) is 0 Å². The Morgan fingerprint density at radius 2 is 2.40 bits per heavy atom. The predicted molar refractivity (Wildman–Crippen MR) is 34.4 cm³/mol. The van der Waals surface area contributed by atoms with Crippen LogP contribution in [0, 0.1) is 0 Å². The number of rotatable bonds is 2. The molecular formula is C6H11NO3. The fraction of sp³-hybridized carbons (Fsp3) is 0.833. The van der Waals surface area contributed by atoms with Gasteiger partial charge < -0.3 is 15.9 Å². The molecule has 0 saturated heterocycles. The number of aliphatic hydroxyl groups is 1. The number of aliphatic carboxylic acids is 1. The molecule has 0 heterocycles. The summed E-state index contributed by atoms with van der Waals surface area (Å²) in [6, 6.07) is -0.344. The summed E-state index contributed by atoms with van der Waals surface area (Å²) in [4.78, 5) is 10.1. The normalized spacial score (nSPS) is 38.8. The monoisotopic (exact) mass is 145 g/mol. The summed E-state index contributed by atoms with van der Waals surface area (Å²) in [6.07, 6.45) is 1.01. The second-order valence-electron chi connectivity index (χ2n) is 2.82. The van der Waals surface area contributed by atoms with Crippen molar-refractivity contribution in [3.63, 3.8) is 0 Å². The number of carboxylic acids is 1. The van der Waals surface area contributed by atoms with Crippen LogP contribution in [0.4, 0.5) is 0 Å². The van der Waals surface area contributed by atoms with E-state index < -0.39 is 11.6 Å². The van der Waals surface area contributed by atoms with Gasteiger partial charge in [-0.2, -0.15) is 0 Å². The van der Waals surface area contributed by atoms with Gasteiger partial charge in [-0.1, -0.05) is 0 Å². The van der Waals surface area contributed by atoms with Crippen LogP contribution >= 0.6 is 0 Å². The molecule has 0 aromatic rings. The minimum absolute atomic E-state index is 0.228. The van der Waals surface area contributed by atoms with Crippen molar-refractivity contribution in [1.29, 1.82) is 0 Å². The zero-order valence-electron chi connectivity index (χ0n) is 5.58. The minimum Gasteiger partial charge on any atom is -0.481 e. The maximum Gasteiger partial charge on any atom is 0.306 e. The van der Waals surface area contributed by atoms with E-state index in [1.807, 2.05) is 0 Å². The van der Waals surface area contributed by atoms with E-state index in [1.54, 1.807) is 0 Å². The molecule has 4 N–H and O–H groups in total. The van der Waals surface area contributed by atoms with Crippen LogP contribution in [0.5, 0.6) is 0 Å². The standard InChI is InChI=1S/C6H11NO3/c7-4-1-2-6(4,10)3-5(8)9/h4,10H,1-3,7H2,(H,8,9). The zero-order chi connectivity index (χ0) is 7.78. The molecule has 0 spiro atoms. The second kappa shape index (κ2) is 2.21. The van der Waals surface area contributed by atoms with Gasteiger partial charge in [0, 0.05) is 6.04 Å². The fourth-order valence-corrected chi connectivity index (χ4v) is 1.13. The first-order chi connectivity index (χ1) is 4.54. The first-order valence-corrected chi connectivity index (χ1v) is 3.24. The Morgan fingerprint density at radius 1 is 1.80 bits per heavy atom. The van der Waals surface area contributed by atoms with Crippen molar-refractivity contribution < 1.29 is 15.0 Å². The molecule has 0 radical (unpaired) electrons. The molecule has 1 rings (SSSR count). The van der Waals surface area contributed by atoms with Crippen molar-refractivity contribution in [2.24, 2.45) is 5.73 Å². The Labute approximate surface area is 58.6 Å². The summed E-state index contributed by atoms with van der Waals surface area (Å²) in [5.74, 6) is -0.988. The van der Waals surface area contributed by atoms with Gasteiger partial charge in [0.15, 0.2) is 0 Å². The maximum absolute atomic E-state index is 10.1. The van der Waals surface area contributed by atoms with E-state index in [1.165, 1.54) is 0 Å². The van der Waals surface area contributed by atoms with Gasteiger partial charge in [-0.05, 0) is 12.8 Å². The minimum atomic E-state index is -1.12. The van der Waals surface area contributed by atoms with Crippen LogP contribution in [-0.2, 0) is 4.79 Å². The predicted octanol–water partition coefficient (Wildman–Crippen LogP) is -0.687. The molecule has 2 atom stereocenters. The molecule has 0 aliphatic heterocycles. The molecule has 1 saturated carbocycles. The van der Waals surface area contributed by atoms with Crippen molar-refractivity contribution in [2.75, 3.05) is 0 Å². The number of hydrogen-bond donors (Lipinski definition) is 3. The van der Waals surface area contributed by atoms with Crippen LogP contribution < -0.4 is 5.73 Å². The first kappa shape index (κ1) is 7.50. The molecule has 2 unspecified atom stereocenters. The molecule has 58 valence electrons. The van der Waals surface area contributed by atoms with Gasteiger partial charge >= 0.3 is 5.97 Å². The van der Waals surface area contributed by atoms with Crippen LogP contribution in [0.1, 0.15) is 19.3 Å². The van der Waals surface area contributed by atoms with Gasteiger partial charge in [0.2, 0.25) is 0 Å². The highest BCUT2D eigenvalue weighted by Gasteiger charge is 2.44. The Morgan fingerprint density at radius 3 is 2.50 bits per heavy atom. The Bertz CT molecular complexity index is 159. The van der Waals surface area contributed by atoms with Crippen molar-refractivity contribution in [3.8, 4) is 0 Å². The Balaban J connectivity index is 2.45. The quantitative estimate of drug-likeness (QED) is 0.480. The van der Waals surface area contributed by atoms with E-state index in [0.29, 0.717) is 6.42 Å². The van der Waals surface area contributed by atoms with E-state index in [2.05, 4.69) is 0 Å². The van der Waals surface area contributed by atoms with E-state index in [9.17, 15) is 9.90 Å². The lowest BCUT2D eigenvalue weighted by molar-refractivity contribution is -0.148. The number of carbonyl (C=O) groups is 1. The molecule has 0 aromatic carbocycles. The Kier molecular flexibility index (Phi) is 1.66. The Hall–Kier alpha value is -0.610. The molecule has 4 nitrogen and oxygen atoms in total. The highest BCUT2D eigenvalue weighted by atomic mass is 16.4. The fourth-order valence-electron chi connectivity index (χ4n) is 1.13. The SMILES string of the molecule is NC1CCC1(O)CC(=O)O. The molecule has 0 bridgehead atoms. The summed E-state index contributed by atoms with van der Waals surface area (Å²) in [7, 11) is 0. The molecule has 1 aliphatic rings. The van der Waals surface area contributed by atoms with Crippen LogP contribution in [0.25, 0.3) is 0 Å². The van der Waals surface area contributed by atoms with E-state index >= 15 is 0 Å². The van der Waals surface area contributed by atoms with Crippen molar-refractivity contribution in [3.05, 3.63) is 0 Å². The smallest absolute Gasteiger partial charge is 0.306 e. The van der Waals surface area contributed by atoms with Crippen LogP contribution in [0.3, 0.4) is 0 Å². The maximum atomic E-state index is 10.1. The van der Waals surface area contributed by atoms with E-state index in [-0.39, 0.29) is 12.5 Å². The highest BCUT2D eigenvalue weighted by Crippen LogP contribution is 2.33. The molecule has 4 heteroatoms. The number of carboxylic acid groups (broad SMARTS) is 1. The topological polar surface area (TPSA) is 83.5 Å². The lowest BCUT2D eigenvalue weighted by Gasteiger charge is -2.41. The third kappa shape index (κ3) is 1.12.